The summed E-state index contributed by atoms with van der Waals surface area (Å²) in [4.78, 5) is 25.1. The van der Waals surface area contributed by atoms with Gasteiger partial charge in [0.15, 0.2) is 0 Å². The fourth-order valence-electron chi connectivity index (χ4n) is 2.91. The number of hydrogen-bond donors (Lipinski definition) is 2. The predicted molar refractivity (Wildman–Crippen MR) is 82.7 cm³/mol. The minimum atomic E-state index is -0.838. The zero-order chi connectivity index (χ0) is 16.3. The molecule has 1 aromatic rings. The molecule has 22 heavy (non-hydrogen) atoms. The van der Waals surface area contributed by atoms with Gasteiger partial charge in [-0.25, -0.2) is 4.79 Å². The maximum Gasteiger partial charge on any atom is 0.323 e. The number of aromatic nitrogens is 2. The summed E-state index contributed by atoms with van der Waals surface area (Å²) in [5.74, 6) is -0.506. The molecule has 2 N–H and O–H groups in total. The van der Waals surface area contributed by atoms with Crippen molar-refractivity contribution in [3.05, 3.63) is 11.8 Å². The number of nitrogens with one attached hydrogen (secondary N) is 1. The zero-order valence-corrected chi connectivity index (χ0v) is 13.4. The number of likely N-dealkylation sites (tertiary alicyclic amines) is 1. The lowest BCUT2D eigenvalue weighted by Gasteiger charge is -2.34. The van der Waals surface area contributed by atoms with Gasteiger partial charge in [-0.05, 0) is 18.8 Å². The van der Waals surface area contributed by atoms with E-state index in [1.54, 1.807) is 16.6 Å². The van der Waals surface area contributed by atoms with Crippen LogP contribution in [0.25, 0.3) is 0 Å². The van der Waals surface area contributed by atoms with Gasteiger partial charge in [0.25, 0.3) is 0 Å². The lowest BCUT2D eigenvalue weighted by molar-refractivity contribution is -0.143. The molecule has 2 atom stereocenters. The van der Waals surface area contributed by atoms with Crippen LogP contribution < -0.4 is 5.32 Å². The third kappa shape index (κ3) is 3.78. The molecule has 1 saturated heterocycles. The quantitative estimate of drug-likeness (QED) is 0.890. The summed E-state index contributed by atoms with van der Waals surface area (Å²) < 4.78 is 1.64. The van der Waals surface area contributed by atoms with Gasteiger partial charge in [0.1, 0.15) is 5.82 Å². The van der Waals surface area contributed by atoms with Gasteiger partial charge in [-0.1, -0.05) is 20.3 Å². The van der Waals surface area contributed by atoms with Gasteiger partial charge in [0.2, 0.25) is 0 Å². The lowest BCUT2D eigenvalue weighted by Crippen LogP contribution is -2.47. The number of carbonyl (C=O) groups excluding carboxylic acids is 1. The van der Waals surface area contributed by atoms with Crippen molar-refractivity contribution in [2.24, 2.45) is 18.9 Å². The molecular weight excluding hydrogens is 284 g/mol. The van der Waals surface area contributed by atoms with Crippen molar-refractivity contribution in [1.29, 1.82) is 0 Å². The molecule has 0 spiro atoms. The summed E-state index contributed by atoms with van der Waals surface area (Å²) >= 11 is 0. The van der Waals surface area contributed by atoms with E-state index in [2.05, 4.69) is 17.3 Å². The molecule has 1 aliphatic heterocycles. The normalized spacial score (nSPS) is 21.7. The Kier molecular flexibility index (Phi) is 5.05. The van der Waals surface area contributed by atoms with Crippen LogP contribution in [0.4, 0.5) is 10.6 Å². The van der Waals surface area contributed by atoms with Gasteiger partial charge in [0, 0.05) is 26.2 Å². The van der Waals surface area contributed by atoms with Crippen LogP contribution in [0.5, 0.6) is 0 Å². The molecule has 2 amide bonds. The Labute approximate surface area is 130 Å². The topological polar surface area (TPSA) is 87.5 Å². The minimum Gasteiger partial charge on any atom is -0.481 e. The van der Waals surface area contributed by atoms with Crippen molar-refractivity contribution >= 4 is 17.8 Å². The van der Waals surface area contributed by atoms with E-state index in [9.17, 15) is 14.7 Å². The molecule has 2 heterocycles. The van der Waals surface area contributed by atoms with Crippen LogP contribution in [0, 0.1) is 11.8 Å². The molecule has 1 aromatic heterocycles. The highest BCUT2D eigenvalue weighted by Crippen LogP contribution is 2.22. The van der Waals surface area contributed by atoms with Gasteiger partial charge in [-0.2, -0.15) is 5.10 Å². The molecule has 1 fully saturated rings. The first kappa shape index (κ1) is 16.3. The van der Waals surface area contributed by atoms with E-state index in [1.807, 2.05) is 13.0 Å². The molecule has 1 aliphatic rings. The molecule has 0 saturated carbocycles. The monoisotopic (exact) mass is 308 g/mol. The maximum atomic E-state index is 12.4. The van der Waals surface area contributed by atoms with Gasteiger partial charge >= 0.3 is 12.0 Å². The first-order valence-corrected chi connectivity index (χ1v) is 7.72. The number of nitrogens with zero attached hydrogens (tertiary/aromatic N) is 3. The van der Waals surface area contributed by atoms with E-state index in [0.717, 1.165) is 18.5 Å². The summed E-state index contributed by atoms with van der Waals surface area (Å²) in [6.07, 6.45) is 2.48. The van der Waals surface area contributed by atoms with Gasteiger partial charge in [-0.3, -0.25) is 14.8 Å². The molecule has 0 radical (unpaired) electrons. The fourth-order valence-corrected chi connectivity index (χ4v) is 2.91. The summed E-state index contributed by atoms with van der Waals surface area (Å²) in [5.41, 5.74) is 0.940. The largest absolute Gasteiger partial charge is 0.481 e. The molecule has 0 aliphatic carbocycles. The number of carboxylic acids is 1. The number of rotatable bonds is 4. The Balaban J connectivity index is 2.03. The van der Waals surface area contributed by atoms with E-state index in [0.29, 0.717) is 18.8 Å². The second-order valence-corrected chi connectivity index (χ2v) is 6.11. The van der Waals surface area contributed by atoms with Gasteiger partial charge in [-0.15, -0.1) is 0 Å². The SMILES string of the molecule is CCCc1cc(NC(=O)N2CC(C)CC(C(=O)O)C2)n(C)n1. The van der Waals surface area contributed by atoms with Crippen LogP contribution in [0.1, 0.15) is 32.4 Å². The Morgan fingerprint density at radius 2 is 2.18 bits per heavy atom. The summed E-state index contributed by atoms with van der Waals surface area (Å²) in [6, 6.07) is 1.60. The van der Waals surface area contributed by atoms with Crippen molar-refractivity contribution in [1.82, 2.24) is 14.7 Å². The first-order valence-electron chi connectivity index (χ1n) is 7.72. The number of carboxylic acid groups (broad SMARTS) is 1. The lowest BCUT2D eigenvalue weighted by atomic mass is 9.91. The Hall–Kier alpha value is -2.05. The number of piperidine rings is 1. The standard InChI is InChI=1S/C15H24N4O3/c1-4-5-12-7-13(18(3)17-12)16-15(22)19-8-10(2)6-11(9-19)14(20)21/h7,10-11H,4-6,8-9H2,1-3H3,(H,16,22)(H,20,21). The van der Waals surface area contributed by atoms with Gasteiger partial charge in [0.05, 0.1) is 11.6 Å². The average molecular weight is 308 g/mol. The highest BCUT2D eigenvalue weighted by molar-refractivity contribution is 5.89. The molecular formula is C15H24N4O3. The van der Waals surface area contributed by atoms with Crippen molar-refractivity contribution < 1.29 is 14.7 Å². The summed E-state index contributed by atoms with van der Waals surface area (Å²) in [5, 5.41) is 16.4. The number of carbonyl (C=O) groups is 2. The Bertz CT molecular complexity index is 555. The fraction of sp³-hybridized carbons (Fsp3) is 0.667. The van der Waals surface area contributed by atoms with E-state index in [4.69, 9.17) is 0 Å². The van der Waals surface area contributed by atoms with Crippen molar-refractivity contribution in [2.75, 3.05) is 18.4 Å². The minimum absolute atomic E-state index is 0.183. The average Bonchev–Trinajstić information content (AvgIpc) is 2.78. The molecule has 7 nitrogen and oxygen atoms in total. The molecule has 122 valence electrons. The number of amides is 2. The summed E-state index contributed by atoms with van der Waals surface area (Å²) in [6.45, 7) is 4.88. The van der Waals surface area contributed by atoms with Crippen molar-refractivity contribution in [3.8, 4) is 0 Å². The van der Waals surface area contributed by atoms with E-state index in [1.165, 1.54) is 0 Å². The molecule has 0 aromatic carbocycles. The number of aryl methyl sites for hydroxylation is 2. The van der Waals surface area contributed by atoms with Crippen molar-refractivity contribution in [3.63, 3.8) is 0 Å². The van der Waals surface area contributed by atoms with E-state index in [-0.39, 0.29) is 18.5 Å². The highest BCUT2D eigenvalue weighted by Gasteiger charge is 2.32. The maximum absolute atomic E-state index is 12.4. The number of aliphatic carboxylic acids is 1. The zero-order valence-electron chi connectivity index (χ0n) is 13.4. The third-order valence-electron chi connectivity index (χ3n) is 3.97. The highest BCUT2D eigenvalue weighted by atomic mass is 16.4. The van der Waals surface area contributed by atoms with Crippen LogP contribution in [0.2, 0.25) is 0 Å². The second kappa shape index (κ2) is 6.81. The summed E-state index contributed by atoms with van der Waals surface area (Å²) in [7, 11) is 1.79. The molecule has 2 unspecified atom stereocenters. The van der Waals surface area contributed by atoms with Crippen LogP contribution in [0.15, 0.2) is 6.07 Å². The Morgan fingerprint density at radius 1 is 1.45 bits per heavy atom. The van der Waals surface area contributed by atoms with E-state index < -0.39 is 11.9 Å². The van der Waals surface area contributed by atoms with E-state index >= 15 is 0 Å². The smallest absolute Gasteiger partial charge is 0.323 e. The molecule has 2 rings (SSSR count). The second-order valence-electron chi connectivity index (χ2n) is 6.11. The molecule has 0 bridgehead atoms. The van der Waals surface area contributed by atoms with Crippen LogP contribution in [-0.4, -0.2) is 44.9 Å². The van der Waals surface area contributed by atoms with Crippen LogP contribution in [-0.2, 0) is 18.3 Å². The van der Waals surface area contributed by atoms with Crippen LogP contribution in [0.3, 0.4) is 0 Å². The number of urea groups is 1. The number of anilines is 1. The number of hydrogen-bond acceptors (Lipinski definition) is 3. The van der Waals surface area contributed by atoms with Crippen LogP contribution >= 0.6 is 0 Å². The molecule has 7 heteroatoms. The Morgan fingerprint density at radius 3 is 2.82 bits per heavy atom. The first-order chi connectivity index (χ1) is 10.4. The third-order valence-corrected chi connectivity index (χ3v) is 3.97. The van der Waals surface area contributed by atoms with Crippen molar-refractivity contribution in [2.45, 2.75) is 33.1 Å². The van der Waals surface area contributed by atoms with Gasteiger partial charge < -0.3 is 10.0 Å². The predicted octanol–water partition coefficient (Wildman–Crippen LogP) is 1.95.